The van der Waals surface area contributed by atoms with Gasteiger partial charge in [-0.05, 0) is 43.0 Å². The highest BCUT2D eigenvalue weighted by Crippen LogP contribution is 2.19. The van der Waals surface area contributed by atoms with Crippen molar-refractivity contribution in [3.63, 3.8) is 0 Å². The smallest absolute Gasteiger partial charge is 0.279 e. The van der Waals surface area contributed by atoms with Gasteiger partial charge in [0.1, 0.15) is 0 Å². The molecule has 0 radical (unpaired) electrons. The summed E-state index contributed by atoms with van der Waals surface area (Å²) in [7, 11) is -3.50. The molecular formula is C18H28N3O4S+. The van der Waals surface area contributed by atoms with Crippen molar-refractivity contribution in [3.8, 4) is 0 Å². The highest BCUT2D eigenvalue weighted by Gasteiger charge is 2.26. The molecule has 2 aliphatic heterocycles. The van der Waals surface area contributed by atoms with Crippen molar-refractivity contribution in [3.05, 3.63) is 24.3 Å². The Morgan fingerprint density at radius 1 is 1.19 bits per heavy atom. The monoisotopic (exact) mass is 382 g/mol. The molecule has 3 rings (SSSR count). The van der Waals surface area contributed by atoms with Gasteiger partial charge in [0.25, 0.3) is 5.91 Å². The Bertz CT molecular complexity index is 706. The fourth-order valence-corrected chi connectivity index (χ4v) is 4.83. The van der Waals surface area contributed by atoms with Crippen molar-refractivity contribution in [1.82, 2.24) is 4.31 Å². The molecule has 26 heavy (non-hydrogen) atoms. The Labute approximate surface area is 155 Å². The van der Waals surface area contributed by atoms with Crippen LogP contribution in [0.2, 0.25) is 0 Å². The summed E-state index contributed by atoms with van der Waals surface area (Å²) in [6.45, 7) is 6.37. The van der Waals surface area contributed by atoms with Crippen LogP contribution in [0.4, 0.5) is 5.69 Å². The van der Waals surface area contributed by atoms with Gasteiger partial charge in [0, 0.05) is 18.8 Å². The minimum atomic E-state index is -3.50. The average molecular weight is 383 g/mol. The van der Waals surface area contributed by atoms with Crippen LogP contribution in [0.25, 0.3) is 0 Å². The number of hydrogen-bond donors (Lipinski definition) is 2. The van der Waals surface area contributed by atoms with Gasteiger partial charge in [-0.2, -0.15) is 4.31 Å². The van der Waals surface area contributed by atoms with Gasteiger partial charge in [0.05, 0.1) is 31.2 Å². The first-order valence-corrected chi connectivity index (χ1v) is 10.7. The first-order valence-electron chi connectivity index (χ1n) is 9.26. The third-order valence-corrected chi connectivity index (χ3v) is 7.05. The zero-order valence-electron chi connectivity index (χ0n) is 15.2. The van der Waals surface area contributed by atoms with E-state index in [2.05, 4.69) is 12.2 Å². The SMILES string of the molecule is CC1CC[NH+](CC(=O)Nc2ccc(S(=O)(=O)N3CCOCC3)cc2)CC1. The zero-order chi connectivity index (χ0) is 18.6. The molecule has 0 saturated carbocycles. The van der Waals surface area contributed by atoms with E-state index in [1.54, 1.807) is 24.3 Å². The molecule has 2 fully saturated rings. The van der Waals surface area contributed by atoms with Gasteiger partial charge in [-0.3, -0.25) is 4.79 Å². The number of sulfonamides is 1. The second-order valence-electron chi connectivity index (χ2n) is 7.20. The number of nitrogens with one attached hydrogen (secondary N) is 2. The van der Waals surface area contributed by atoms with Gasteiger partial charge >= 0.3 is 0 Å². The molecule has 2 saturated heterocycles. The van der Waals surface area contributed by atoms with E-state index in [0.29, 0.717) is 38.5 Å². The third-order valence-electron chi connectivity index (χ3n) is 5.14. The fourth-order valence-electron chi connectivity index (χ4n) is 3.43. The van der Waals surface area contributed by atoms with Crippen LogP contribution in [-0.2, 0) is 19.6 Å². The van der Waals surface area contributed by atoms with Crippen molar-refractivity contribution >= 4 is 21.6 Å². The van der Waals surface area contributed by atoms with Gasteiger partial charge in [-0.25, -0.2) is 8.42 Å². The summed E-state index contributed by atoms with van der Waals surface area (Å²) < 4.78 is 31.8. The maximum absolute atomic E-state index is 12.6. The number of quaternary nitrogens is 1. The number of carbonyl (C=O) groups excluding carboxylic acids is 1. The Balaban J connectivity index is 1.56. The van der Waals surface area contributed by atoms with Crippen LogP contribution in [-0.4, -0.2) is 64.6 Å². The molecule has 2 aliphatic rings. The normalized spacial score (nSPS) is 25.0. The molecule has 2 N–H and O–H groups in total. The standard InChI is InChI=1S/C18H27N3O4S/c1-15-6-8-20(9-7-15)14-18(22)19-16-2-4-17(5-3-16)26(23,24)21-10-12-25-13-11-21/h2-5,15H,6-14H2,1H3,(H,19,22)/p+1. The summed E-state index contributed by atoms with van der Waals surface area (Å²) in [5, 5.41) is 2.87. The highest BCUT2D eigenvalue weighted by atomic mass is 32.2. The van der Waals surface area contributed by atoms with Crippen molar-refractivity contribution < 1.29 is 22.8 Å². The first-order chi connectivity index (χ1) is 12.4. The van der Waals surface area contributed by atoms with Crippen LogP contribution in [0.15, 0.2) is 29.2 Å². The Morgan fingerprint density at radius 3 is 2.42 bits per heavy atom. The largest absolute Gasteiger partial charge is 0.379 e. The van der Waals surface area contributed by atoms with E-state index in [-0.39, 0.29) is 10.8 Å². The Kier molecular flexibility index (Phi) is 6.29. The Hall–Kier alpha value is -1.48. The average Bonchev–Trinajstić information content (AvgIpc) is 2.65. The summed E-state index contributed by atoms with van der Waals surface area (Å²) in [5.74, 6) is 0.723. The van der Waals surface area contributed by atoms with E-state index >= 15 is 0 Å². The van der Waals surface area contributed by atoms with Gasteiger partial charge in [0.15, 0.2) is 6.54 Å². The molecule has 7 nitrogen and oxygen atoms in total. The number of morpholine rings is 1. The first kappa shape index (κ1) is 19.3. The lowest BCUT2D eigenvalue weighted by molar-refractivity contribution is -0.897. The van der Waals surface area contributed by atoms with Crippen molar-refractivity contribution in [2.45, 2.75) is 24.7 Å². The molecule has 1 aromatic rings. The predicted molar refractivity (Wildman–Crippen MR) is 98.6 cm³/mol. The summed E-state index contributed by atoms with van der Waals surface area (Å²) in [4.78, 5) is 13.8. The van der Waals surface area contributed by atoms with Crippen molar-refractivity contribution in [1.29, 1.82) is 0 Å². The number of hydrogen-bond acceptors (Lipinski definition) is 4. The minimum absolute atomic E-state index is 0.0293. The Morgan fingerprint density at radius 2 is 1.81 bits per heavy atom. The molecule has 1 aromatic carbocycles. The van der Waals surface area contributed by atoms with E-state index in [9.17, 15) is 13.2 Å². The molecule has 8 heteroatoms. The molecule has 0 atom stereocenters. The van der Waals surface area contributed by atoms with Gasteiger partial charge in [0.2, 0.25) is 10.0 Å². The molecule has 0 aliphatic carbocycles. The van der Waals surface area contributed by atoms with E-state index in [1.165, 1.54) is 9.21 Å². The van der Waals surface area contributed by atoms with Crippen LogP contribution in [0.5, 0.6) is 0 Å². The van der Waals surface area contributed by atoms with E-state index in [4.69, 9.17) is 4.74 Å². The van der Waals surface area contributed by atoms with E-state index in [0.717, 1.165) is 31.8 Å². The summed E-state index contributed by atoms with van der Waals surface area (Å²) in [6, 6.07) is 6.41. The third kappa shape index (κ3) is 4.82. The fraction of sp³-hybridized carbons (Fsp3) is 0.611. The molecule has 0 spiro atoms. The van der Waals surface area contributed by atoms with Crippen LogP contribution in [0.1, 0.15) is 19.8 Å². The zero-order valence-corrected chi connectivity index (χ0v) is 16.1. The molecule has 0 unspecified atom stereocenters. The molecular weight excluding hydrogens is 354 g/mol. The lowest BCUT2D eigenvalue weighted by Gasteiger charge is -2.26. The number of anilines is 1. The second kappa shape index (κ2) is 8.47. The number of likely N-dealkylation sites (tertiary alicyclic amines) is 1. The summed E-state index contributed by atoms with van der Waals surface area (Å²) in [5.41, 5.74) is 0.626. The second-order valence-corrected chi connectivity index (χ2v) is 9.14. The maximum Gasteiger partial charge on any atom is 0.279 e. The lowest BCUT2D eigenvalue weighted by atomic mass is 9.99. The molecule has 0 aromatic heterocycles. The number of carbonyl (C=O) groups is 1. The topological polar surface area (TPSA) is 80.2 Å². The van der Waals surface area contributed by atoms with Gasteiger partial charge in [-0.1, -0.05) is 6.92 Å². The minimum Gasteiger partial charge on any atom is -0.379 e. The number of ether oxygens (including phenoxy) is 1. The summed E-state index contributed by atoms with van der Waals surface area (Å²) in [6.07, 6.45) is 2.33. The highest BCUT2D eigenvalue weighted by molar-refractivity contribution is 7.89. The number of nitrogens with zero attached hydrogens (tertiary/aromatic N) is 1. The summed E-state index contributed by atoms with van der Waals surface area (Å²) >= 11 is 0. The number of amides is 1. The van der Waals surface area contributed by atoms with Crippen LogP contribution in [0.3, 0.4) is 0 Å². The maximum atomic E-state index is 12.6. The molecule has 1 amide bonds. The van der Waals surface area contributed by atoms with E-state index < -0.39 is 10.0 Å². The van der Waals surface area contributed by atoms with Gasteiger partial charge < -0.3 is 15.0 Å². The number of benzene rings is 1. The number of rotatable bonds is 5. The molecule has 144 valence electrons. The molecule has 0 bridgehead atoms. The predicted octanol–water partition coefficient (Wildman–Crippen LogP) is -0.0392. The van der Waals surface area contributed by atoms with E-state index in [1.807, 2.05) is 0 Å². The van der Waals surface area contributed by atoms with Gasteiger partial charge in [-0.15, -0.1) is 0 Å². The van der Waals surface area contributed by atoms with Crippen LogP contribution < -0.4 is 10.2 Å². The van der Waals surface area contributed by atoms with Crippen LogP contribution in [0, 0.1) is 5.92 Å². The van der Waals surface area contributed by atoms with Crippen molar-refractivity contribution in [2.24, 2.45) is 5.92 Å². The quantitative estimate of drug-likeness (QED) is 0.749. The van der Waals surface area contributed by atoms with Crippen molar-refractivity contribution in [2.75, 3.05) is 51.3 Å². The number of piperidine rings is 1. The molecule has 2 heterocycles. The van der Waals surface area contributed by atoms with Crippen LogP contribution >= 0.6 is 0 Å². The lowest BCUT2D eigenvalue weighted by Crippen LogP contribution is -3.14.